The van der Waals surface area contributed by atoms with Crippen molar-refractivity contribution in [2.45, 2.75) is 32.2 Å². The first kappa shape index (κ1) is 19.0. The highest BCUT2D eigenvalue weighted by Gasteiger charge is 2.20. The summed E-state index contributed by atoms with van der Waals surface area (Å²) in [5.41, 5.74) is 2.00. The molecule has 6 nitrogen and oxygen atoms in total. The van der Waals surface area contributed by atoms with Crippen molar-refractivity contribution in [3.8, 4) is 5.75 Å². The van der Waals surface area contributed by atoms with E-state index >= 15 is 0 Å². The molecule has 1 heterocycles. The van der Waals surface area contributed by atoms with E-state index in [1.165, 1.54) is 0 Å². The summed E-state index contributed by atoms with van der Waals surface area (Å²) in [6.45, 7) is 7.32. The Morgan fingerprint density at radius 1 is 1.32 bits per heavy atom. The molecule has 0 bridgehead atoms. The van der Waals surface area contributed by atoms with Crippen molar-refractivity contribution in [3.05, 3.63) is 47.8 Å². The molecule has 1 amide bonds. The standard InChI is InChI=1S/C19H28N4O2/c1-19(2,3)15-8-6-7-9-16(15)25-11-10-21-18(24)17(20-4)14-12-22-23(5)13-14/h6-9,12-13,17,20H,10-11H2,1-5H3,(H,21,24). The number of hydrogen-bond donors (Lipinski definition) is 2. The quantitative estimate of drug-likeness (QED) is 0.756. The summed E-state index contributed by atoms with van der Waals surface area (Å²) in [4.78, 5) is 12.4. The van der Waals surface area contributed by atoms with Gasteiger partial charge in [0.1, 0.15) is 18.4 Å². The van der Waals surface area contributed by atoms with E-state index in [4.69, 9.17) is 4.74 Å². The summed E-state index contributed by atoms with van der Waals surface area (Å²) in [5.74, 6) is 0.768. The lowest BCUT2D eigenvalue weighted by atomic mass is 9.86. The van der Waals surface area contributed by atoms with Crippen LogP contribution in [-0.2, 0) is 17.3 Å². The number of benzene rings is 1. The van der Waals surface area contributed by atoms with Crippen molar-refractivity contribution in [1.29, 1.82) is 0 Å². The number of aromatic nitrogens is 2. The molecule has 0 fully saturated rings. The Morgan fingerprint density at radius 3 is 2.64 bits per heavy atom. The minimum atomic E-state index is -0.421. The lowest BCUT2D eigenvalue weighted by molar-refractivity contribution is -0.123. The van der Waals surface area contributed by atoms with Crippen molar-refractivity contribution >= 4 is 5.91 Å². The number of rotatable bonds is 7. The molecule has 2 rings (SSSR count). The molecule has 0 aliphatic heterocycles. The third kappa shape index (κ3) is 5.06. The Balaban J connectivity index is 1.88. The summed E-state index contributed by atoms with van der Waals surface area (Å²) in [7, 11) is 3.59. The van der Waals surface area contributed by atoms with Crippen LogP contribution in [0.3, 0.4) is 0 Å². The summed E-state index contributed by atoms with van der Waals surface area (Å²) in [6, 6.07) is 7.60. The highest BCUT2D eigenvalue weighted by Crippen LogP contribution is 2.30. The monoisotopic (exact) mass is 344 g/mol. The highest BCUT2D eigenvalue weighted by atomic mass is 16.5. The molecule has 0 aliphatic carbocycles. The number of carbonyl (C=O) groups is 1. The molecule has 136 valence electrons. The molecule has 6 heteroatoms. The van der Waals surface area contributed by atoms with Crippen LogP contribution in [0.25, 0.3) is 0 Å². The molecular formula is C19H28N4O2. The maximum atomic E-state index is 12.4. The van der Waals surface area contributed by atoms with Crippen LogP contribution in [0.1, 0.15) is 37.9 Å². The second kappa shape index (κ2) is 8.16. The average Bonchev–Trinajstić information content (AvgIpc) is 2.98. The average molecular weight is 344 g/mol. The number of carbonyl (C=O) groups excluding carboxylic acids is 1. The maximum absolute atomic E-state index is 12.4. The van der Waals surface area contributed by atoms with Crippen LogP contribution in [0, 0.1) is 0 Å². The van der Waals surface area contributed by atoms with Gasteiger partial charge in [-0.1, -0.05) is 39.0 Å². The van der Waals surface area contributed by atoms with E-state index in [0.717, 1.165) is 16.9 Å². The first-order valence-electron chi connectivity index (χ1n) is 8.48. The normalized spacial score (nSPS) is 12.7. The predicted octanol–water partition coefficient (Wildman–Crippen LogP) is 2.17. The largest absolute Gasteiger partial charge is 0.491 e. The van der Waals surface area contributed by atoms with Gasteiger partial charge in [-0.2, -0.15) is 5.10 Å². The third-order valence-electron chi connectivity index (χ3n) is 3.96. The van der Waals surface area contributed by atoms with Crippen LogP contribution < -0.4 is 15.4 Å². The van der Waals surface area contributed by atoms with Crippen LogP contribution in [-0.4, -0.2) is 35.9 Å². The fraction of sp³-hybridized carbons (Fsp3) is 0.474. The van der Waals surface area contributed by atoms with E-state index in [0.29, 0.717) is 13.2 Å². The van der Waals surface area contributed by atoms with Crippen molar-refractivity contribution in [1.82, 2.24) is 20.4 Å². The molecule has 1 atom stereocenters. The molecule has 0 spiro atoms. The zero-order chi connectivity index (χ0) is 18.4. The van der Waals surface area contributed by atoms with Gasteiger partial charge in [0.15, 0.2) is 0 Å². The number of nitrogens with zero attached hydrogens (tertiary/aromatic N) is 2. The van der Waals surface area contributed by atoms with E-state index in [9.17, 15) is 4.79 Å². The second-order valence-corrected chi connectivity index (χ2v) is 7.05. The molecule has 1 aromatic carbocycles. The van der Waals surface area contributed by atoms with Gasteiger partial charge in [-0.3, -0.25) is 9.48 Å². The highest BCUT2D eigenvalue weighted by molar-refractivity contribution is 5.82. The van der Waals surface area contributed by atoms with Gasteiger partial charge in [0.05, 0.1) is 12.7 Å². The third-order valence-corrected chi connectivity index (χ3v) is 3.96. The van der Waals surface area contributed by atoms with E-state index < -0.39 is 6.04 Å². The zero-order valence-electron chi connectivity index (χ0n) is 15.7. The van der Waals surface area contributed by atoms with E-state index in [-0.39, 0.29) is 11.3 Å². The van der Waals surface area contributed by atoms with Crippen LogP contribution >= 0.6 is 0 Å². The fourth-order valence-corrected chi connectivity index (χ4v) is 2.69. The summed E-state index contributed by atoms with van der Waals surface area (Å²) >= 11 is 0. The molecule has 0 saturated carbocycles. The summed E-state index contributed by atoms with van der Waals surface area (Å²) in [5, 5.41) is 10.0. The van der Waals surface area contributed by atoms with Gasteiger partial charge in [0.25, 0.3) is 0 Å². The summed E-state index contributed by atoms with van der Waals surface area (Å²) < 4.78 is 7.57. The van der Waals surface area contributed by atoms with Crippen LogP contribution in [0.2, 0.25) is 0 Å². The Bertz CT molecular complexity index is 703. The maximum Gasteiger partial charge on any atom is 0.241 e. The molecule has 2 N–H and O–H groups in total. The van der Waals surface area contributed by atoms with Crippen LogP contribution in [0.15, 0.2) is 36.7 Å². The van der Waals surface area contributed by atoms with Gasteiger partial charge >= 0.3 is 0 Å². The van der Waals surface area contributed by atoms with Crippen LogP contribution in [0.5, 0.6) is 5.75 Å². The number of hydrogen-bond acceptors (Lipinski definition) is 4. The molecule has 2 aromatic rings. The Hall–Kier alpha value is -2.34. The van der Waals surface area contributed by atoms with Crippen molar-refractivity contribution < 1.29 is 9.53 Å². The molecule has 0 saturated heterocycles. The summed E-state index contributed by atoms with van der Waals surface area (Å²) in [6.07, 6.45) is 3.52. The molecule has 1 unspecified atom stereocenters. The van der Waals surface area contributed by atoms with Gasteiger partial charge in [-0.25, -0.2) is 0 Å². The van der Waals surface area contributed by atoms with Crippen molar-refractivity contribution in [3.63, 3.8) is 0 Å². The zero-order valence-corrected chi connectivity index (χ0v) is 15.7. The number of aryl methyl sites for hydroxylation is 1. The first-order valence-corrected chi connectivity index (χ1v) is 8.48. The molecular weight excluding hydrogens is 316 g/mol. The van der Waals surface area contributed by atoms with Crippen molar-refractivity contribution in [2.24, 2.45) is 7.05 Å². The van der Waals surface area contributed by atoms with E-state index in [1.54, 1.807) is 17.9 Å². The number of likely N-dealkylation sites (N-methyl/N-ethyl adjacent to an activating group) is 1. The second-order valence-electron chi connectivity index (χ2n) is 7.05. The van der Waals surface area contributed by atoms with Gasteiger partial charge in [-0.15, -0.1) is 0 Å². The molecule has 0 radical (unpaired) electrons. The number of ether oxygens (including phenoxy) is 1. The van der Waals surface area contributed by atoms with E-state index in [1.807, 2.05) is 31.4 Å². The van der Waals surface area contributed by atoms with Gasteiger partial charge in [-0.05, 0) is 24.1 Å². The molecule has 25 heavy (non-hydrogen) atoms. The van der Waals surface area contributed by atoms with Crippen LogP contribution in [0.4, 0.5) is 0 Å². The van der Waals surface area contributed by atoms with Gasteiger partial charge in [0.2, 0.25) is 5.91 Å². The smallest absolute Gasteiger partial charge is 0.241 e. The Labute approximate surface area is 149 Å². The van der Waals surface area contributed by atoms with Crippen molar-refractivity contribution in [2.75, 3.05) is 20.2 Å². The Morgan fingerprint density at radius 2 is 2.04 bits per heavy atom. The Kier molecular flexibility index (Phi) is 6.20. The first-order chi connectivity index (χ1) is 11.8. The lowest BCUT2D eigenvalue weighted by Crippen LogP contribution is -2.37. The number of para-hydroxylation sites is 1. The molecule has 0 aliphatic rings. The minimum Gasteiger partial charge on any atom is -0.491 e. The SMILES string of the molecule is CNC(C(=O)NCCOc1ccccc1C(C)(C)C)c1cnn(C)c1. The lowest BCUT2D eigenvalue weighted by Gasteiger charge is -2.22. The predicted molar refractivity (Wildman–Crippen MR) is 98.7 cm³/mol. The van der Waals surface area contributed by atoms with Gasteiger partial charge in [0, 0.05) is 18.8 Å². The fourth-order valence-electron chi connectivity index (χ4n) is 2.69. The topological polar surface area (TPSA) is 68.2 Å². The minimum absolute atomic E-state index is 0.0113. The molecule has 1 aromatic heterocycles. The number of nitrogens with one attached hydrogen (secondary N) is 2. The van der Waals surface area contributed by atoms with E-state index in [2.05, 4.69) is 42.6 Å². The van der Waals surface area contributed by atoms with Gasteiger partial charge < -0.3 is 15.4 Å². The number of amides is 1.